The molecule has 132 valence electrons. The highest BCUT2D eigenvalue weighted by Crippen LogP contribution is 2.33. The van der Waals surface area contributed by atoms with Crippen LogP contribution in [0.3, 0.4) is 0 Å². The molecular weight excluding hydrogens is 346 g/mol. The Kier molecular flexibility index (Phi) is 5.86. The highest BCUT2D eigenvalue weighted by atomic mass is 32.2. The van der Waals surface area contributed by atoms with E-state index in [4.69, 9.17) is 0 Å². The molecule has 0 aliphatic heterocycles. The zero-order valence-electron chi connectivity index (χ0n) is 14.3. The maximum absolute atomic E-state index is 12.8. The van der Waals surface area contributed by atoms with Crippen LogP contribution >= 0.6 is 11.8 Å². The second kappa shape index (κ2) is 8.49. The average Bonchev–Trinajstić information content (AvgIpc) is 2.65. The second-order valence-corrected chi connectivity index (χ2v) is 6.90. The summed E-state index contributed by atoms with van der Waals surface area (Å²) in [6, 6.07) is 20.6. The van der Waals surface area contributed by atoms with Crippen molar-refractivity contribution in [3.05, 3.63) is 93.9 Å². The summed E-state index contributed by atoms with van der Waals surface area (Å²) >= 11 is 1.23. The van der Waals surface area contributed by atoms with E-state index in [0.717, 1.165) is 11.1 Å². The zero-order chi connectivity index (χ0) is 18.4. The molecular formula is C20H19N3O2S. The number of thioether (sulfide) groups is 1. The van der Waals surface area contributed by atoms with Crippen molar-refractivity contribution in [1.29, 1.82) is 0 Å². The molecule has 3 aromatic rings. The number of amides is 1. The van der Waals surface area contributed by atoms with Crippen molar-refractivity contribution >= 4 is 17.7 Å². The normalized spacial score (nSPS) is 11.7. The van der Waals surface area contributed by atoms with Gasteiger partial charge in [-0.05, 0) is 18.1 Å². The number of benzene rings is 2. The first-order valence-electron chi connectivity index (χ1n) is 8.23. The van der Waals surface area contributed by atoms with Crippen molar-refractivity contribution in [3.8, 4) is 0 Å². The van der Waals surface area contributed by atoms with Gasteiger partial charge in [0.15, 0.2) is 5.16 Å². The number of aromatic amines is 1. The molecule has 0 unspecified atom stereocenters. The summed E-state index contributed by atoms with van der Waals surface area (Å²) < 4.78 is 0. The SMILES string of the molecule is Cc1cc(=O)[nH]c(S[C@@H](C(=O)NCc2ccccc2)c2ccccc2)n1. The fourth-order valence-electron chi connectivity index (χ4n) is 2.50. The smallest absolute Gasteiger partial charge is 0.251 e. The minimum absolute atomic E-state index is 0.130. The number of carbonyl (C=O) groups excluding carboxylic acids is 1. The van der Waals surface area contributed by atoms with Crippen LogP contribution in [0.4, 0.5) is 0 Å². The number of H-pyrrole nitrogens is 1. The van der Waals surface area contributed by atoms with E-state index in [1.807, 2.05) is 60.7 Å². The molecule has 1 amide bonds. The predicted octanol–water partition coefficient (Wildman–Crippen LogP) is 3.23. The molecule has 0 saturated heterocycles. The molecule has 1 aromatic heterocycles. The van der Waals surface area contributed by atoms with Gasteiger partial charge in [0.2, 0.25) is 5.91 Å². The molecule has 26 heavy (non-hydrogen) atoms. The number of nitrogens with one attached hydrogen (secondary N) is 2. The van der Waals surface area contributed by atoms with Crippen LogP contribution in [0.1, 0.15) is 22.1 Å². The van der Waals surface area contributed by atoms with Gasteiger partial charge in [0.05, 0.1) is 0 Å². The van der Waals surface area contributed by atoms with Gasteiger partial charge in [0, 0.05) is 18.3 Å². The summed E-state index contributed by atoms with van der Waals surface area (Å²) in [4.78, 5) is 31.6. The molecule has 0 radical (unpaired) electrons. The van der Waals surface area contributed by atoms with E-state index in [0.29, 0.717) is 17.4 Å². The van der Waals surface area contributed by atoms with Gasteiger partial charge in [-0.25, -0.2) is 4.98 Å². The molecule has 0 fully saturated rings. The molecule has 0 aliphatic rings. The monoisotopic (exact) mass is 365 g/mol. The van der Waals surface area contributed by atoms with Crippen molar-refractivity contribution in [2.75, 3.05) is 0 Å². The van der Waals surface area contributed by atoms with Crippen LogP contribution in [-0.4, -0.2) is 15.9 Å². The fourth-order valence-corrected chi connectivity index (χ4v) is 3.56. The lowest BCUT2D eigenvalue weighted by molar-refractivity contribution is -0.120. The average molecular weight is 365 g/mol. The summed E-state index contributed by atoms with van der Waals surface area (Å²) in [6.45, 7) is 2.20. The lowest BCUT2D eigenvalue weighted by atomic mass is 10.1. The first kappa shape index (κ1) is 17.9. The summed E-state index contributed by atoms with van der Waals surface area (Å²) in [5.74, 6) is -0.130. The largest absolute Gasteiger partial charge is 0.351 e. The molecule has 6 heteroatoms. The van der Waals surface area contributed by atoms with Gasteiger partial charge >= 0.3 is 0 Å². The highest BCUT2D eigenvalue weighted by Gasteiger charge is 2.23. The van der Waals surface area contributed by atoms with Gasteiger partial charge in [-0.3, -0.25) is 9.59 Å². The minimum atomic E-state index is -0.509. The van der Waals surface area contributed by atoms with E-state index in [-0.39, 0.29) is 11.5 Å². The Morgan fingerprint density at radius 3 is 2.42 bits per heavy atom. The quantitative estimate of drug-likeness (QED) is 0.519. The van der Waals surface area contributed by atoms with E-state index in [9.17, 15) is 9.59 Å². The Bertz CT molecular complexity index is 927. The lowest BCUT2D eigenvalue weighted by Crippen LogP contribution is -2.27. The Morgan fingerprint density at radius 1 is 1.12 bits per heavy atom. The van der Waals surface area contributed by atoms with E-state index in [1.165, 1.54) is 17.8 Å². The van der Waals surface area contributed by atoms with Crippen LogP contribution < -0.4 is 10.9 Å². The summed E-state index contributed by atoms with van der Waals surface area (Å²) in [7, 11) is 0. The van der Waals surface area contributed by atoms with Crippen LogP contribution in [0.2, 0.25) is 0 Å². The molecule has 1 heterocycles. The van der Waals surface area contributed by atoms with E-state index in [1.54, 1.807) is 6.92 Å². The van der Waals surface area contributed by atoms with Gasteiger partial charge in [0.1, 0.15) is 5.25 Å². The van der Waals surface area contributed by atoms with Crippen molar-refractivity contribution in [2.24, 2.45) is 0 Å². The number of carbonyl (C=O) groups is 1. The summed E-state index contributed by atoms with van der Waals surface area (Å²) in [5, 5.41) is 2.89. The third-order valence-electron chi connectivity index (χ3n) is 3.73. The Morgan fingerprint density at radius 2 is 1.77 bits per heavy atom. The third-order valence-corrected chi connectivity index (χ3v) is 4.87. The van der Waals surface area contributed by atoms with Gasteiger partial charge in [-0.2, -0.15) is 0 Å². The third kappa shape index (κ3) is 4.83. The molecule has 0 spiro atoms. The van der Waals surface area contributed by atoms with Crippen LogP contribution in [0.5, 0.6) is 0 Å². The van der Waals surface area contributed by atoms with Crippen LogP contribution in [0.15, 0.2) is 76.7 Å². The van der Waals surface area contributed by atoms with E-state index < -0.39 is 5.25 Å². The van der Waals surface area contributed by atoms with Crippen LogP contribution in [0, 0.1) is 6.92 Å². The Balaban J connectivity index is 1.81. The zero-order valence-corrected chi connectivity index (χ0v) is 15.1. The second-order valence-electron chi connectivity index (χ2n) is 5.80. The molecule has 1 atom stereocenters. The van der Waals surface area contributed by atoms with E-state index >= 15 is 0 Å². The Labute approximate surface area is 155 Å². The van der Waals surface area contributed by atoms with Crippen LogP contribution in [-0.2, 0) is 11.3 Å². The van der Waals surface area contributed by atoms with Crippen molar-refractivity contribution in [2.45, 2.75) is 23.9 Å². The van der Waals surface area contributed by atoms with Gasteiger partial charge in [-0.1, -0.05) is 72.4 Å². The standard InChI is InChI=1S/C20H19N3O2S/c1-14-12-17(24)23-20(22-14)26-18(16-10-6-3-7-11-16)19(25)21-13-15-8-4-2-5-9-15/h2-12,18H,13H2,1H3,(H,21,25)(H,22,23,24)/t18-/m1/s1. The summed E-state index contributed by atoms with van der Waals surface area (Å²) in [6.07, 6.45) is 0. The van der Waals surface area contributed by atoms with Crippen molar-refractivity contribution in [1.82, 2.24) is 15.3 Å². The maximum atomic E-state index is 12.8. The predicted molar refractivity (Wildman–Crippen MR) is 103 cm³/mol. The van der Waals surface area contributed by atoms with Crippen molar-refractivity contribution in [3.63, 3.8) is 0 Å². The van der Waals surface area contributed by atoms with Crippen molar-refractivity contribution < 1.29 is 4.79 Å². The fraction of sp³-hybridized carbons (Fsp3) is 0.150. The number of nitrogens with zero attached hydrogens (tertiary/aromatic N) is 1. The molecule has 0 saturated carbocycles. The number of aromatic nitrogens is 2. The highest BCUT2D eigenvalue weighted by molar-refractivity contribution is 8.00. The molecule has 5 nitrogen and oxygen atoms in total. The first-order chi connectivity index (χ1) is 12.6. The van der Waals surface area contributed by atoms with Crippen LogP contribution in [0.25, 0.3) is 0 Å². The summed E-state index contributed by atoms with van der Waals surface area (Å²) in [5.41, 5.74) is 2.27. The van der Waals surface area contributed by atoms with E-state index in [2.05, 4.69) is 15.3 Å². The molecule has 2 N–H and O–H groups in total. The lowest BCUT2D eigenvalue weighted by Gasteiger charge is -2.16. The van der Waals surface area contributed by atoms with Gasteiger partial charge in [-0.15, -0.1) is 0 Å². The number of hydrogen-bond acceptors (Lipinski definition) is 4. The van der Waals surface area contributed by atoms with Gasteiger partial charge < -0.3 is 10.3 Å². The maximum Gasteiger partial charge on any atom is 0.251 e. The topological polar surface area (TPSA) is 74.8 Å². The minimum Gasteiger partial charge on any atom is -0.351 e. The first-order valence-corrected chi connectivity index (χ1v) is 9.11. The molecule has 0 aliphatic carbocycles. The number of rotatable bonds is 6. The number of aryl methyl sites for hydroxylation is 1. The van der Waals surface area contributed by atoms with Gasteiger partial charge in [0.25, 0.3) is 5.56 Å². The molecule has 2 aromatic carbocycles. The number of hydrogen-bond donors (Lipinski definition) is 2. The molecule has 0 bridgehead atoms. The Hall–Kier alpha value is -2.86. The molecule has 3 rings (SSSR count).